The molecule has 7 nitrogen and oxygen atoms in total. The van der Waals surface area contributed by atoms with Crippen LogP contribution in [0, 0.1) is 0 Å². The fourth-order valence-electron chi connectivity index (χ4n) is 4.01. The molecule has 1 amide bonds. The standard InChI is InChI=1S/C20H28N6O/c27-20(25-10-4-7-18(15-25)17-5-2-1-3-6-17)19-16-26(23-22-19)14-13-24-11-8-21-9-12-24/h1-3,5-6,16,18,21H,4,7-15H2. The second-order valence-corrected chi connectivity index (χ2v) is 7.46. The number of benzene rings is 1. The van der Waals surface area contributed by atoms with Crippen LogP contribution in [0.3, 0.4) is 0 Å². The van der Waals surface area contributed by atoms with E-state index in [1.807, 2.05) is 11.0 Å². The zero-order valence-electron chi connectivity index (χ0n) is 15.8. The van der Waals surface area contributed by atoms with Crippen LogP contribution in [0.1, 0.15) is 34.8 Å². The maximum atomic E-state index is 12.9. The maximum Gasteiger partial charge on any atom is 0.276 e. The Morgan fingerprint density at radius 2 is 1.93 bits per heavy atom. The van der Waals surface area contributed by atoms with Crippen molar-refractivity contribution < 1.29 is 4.79 Å². The second-order valence-electron chi connectivity index (χ2n) is 7.46. The smallest absolute Gasteiger partial charge is 0.276 e. The van der Waals surface area contributed by atoms with Crippen molar-refractivity contribution >= 4 is 5.91 Å². The number of likely N-dealkylation sites (tertiary alicyclic amines) is 1. The van der Waals surface area contributed by atoms with Gasteiger partial charge in [0, 0.05) is 51.7 Å². The van der Waals surface area contributed by atoms with Gasteiger partial charge in [0.15, 0.2) is 5.69 Å². The normalized spacial score (nSPS) is 21.3. The molecule has 1 unspecified atom stereocenters. The number of carbonyl (C=O) groups excluding carboxylic acids is 1. The van der Waals surface area contributed by atoms with Crippen LogP contribution in [-0.2, 0) is 6.54 Å². The average molecular weight is 368 g/mol. The molecule has 0 saturated carbocycles. The van der Waals surface area contributed by atoms with Crippen LogP contribution in [0.5, 0.6) is 0 Å². The van der Waals surface area contributed by atoms with Crippen molar-refractivity contribution in [3.05, 3.63) is 47.8 Å². The Kier molecular flexibility index (Phi) is 5.79. The van der Waals surface area contributed by atoms with Crippen LogP contribution in [0.2, 0.25) is 0 Å². The van der Waals surface area contributed by atoms with Crippen LogP contribution in [0.15, 0.2) is 36.5 Å². The minimum absolute atomic E-state index is 0.00375. The van der Waals surface area contributed by atoms with Crippen LogP contribution in [0.4, 0.5) is 0 Å². The van der Waals surface area contributed by atoms with E-state index in [-0.39, 0.29) is 5.91 Å². The first-order valence-corrected chi connectivity index (χ1v) is 9.97. The van der Waals surface area contributed by atoms with Gasteiger partial charge >= 0.3 is 0 Å². The van der Waals surface area contributed by atoms with E-state index < -0.39 is 0 Å². The topological polar surface area (TPSA) is 66.3 Å². The molecule has 2 saturated heterocycles. The predicted octanol–water partition coefficient (Wildman–Crippen LogP) is 1.20. The lowest BCUT2D eigenvalue weighted by Crippen LogP contribution is -2.44. The van der Waals surface area contributed by atoms with Crippen molar-refractivity contribution in [3.8, 4) is 0 Å². The van der Waals surface area contributed by atoms with Crippen molar-refractivity contribution in [1.29, 1.82) is 0 Å². The van der Waals surface area contributed by atoms with Gasteiger partial charge in [0.25, 0.3) is 5.91 Å². The number of nitrogens with one attached hydrogen (secondary N) is 1. The summed E-state index contributed by atoms with van der Waals surface area (Å²) in [5.74, 6) is 0.413. The third kappa shape index (κ3) is 4.54. The number of rotatable bonds is 5. The van der Waals surface area contributed by atoms with E-state index in [1.54, 1.807) is 10.9 Å². The minimum Gasteiger partial charge on any atom is -0.337 e. The lowest BCUT2D eigenvalue weighted by molar-refractivity contribution is 0.0701. The lowest BCUT2D eigenvalue weighted by Gasteiger charge is -2.32. The number of amides is 1. The van der Waals surface area contributed by atoms with Gasteiger partial charge in [0.05, 0.1) is 12.7 Å². The van der Waals surface area contributed by atoms with Gasteiger partial charge in [-0.05, 0) is 18.4 Å². The molecule has 27 heavy (non-hydrogen) atoms. The summed E-state index contributed by atoms with van der Waals surface area (Å²) in [5, 5.41) is 11.7. The molecular weight excluding hydrogens is 340 g/mol. The highest BCUT2D eigenvalue weighted by molar-refractivity contribution is 5.92. The maximum absolute atomic E-state index is 12.9. The molecule has 0 bridgehead atoms. The fraction of sp³-hybridized carbons (Fsp3) is 0.550. The Morgan fingerprint density at radius 1 is 1.11 bits per heavy atom. The number of hydrogen-bond donors (Lipinski definition) is 1. The number of piperidine rings is 1. The van der Waals surface area contributed by atoms with Crippen LogP contribution < -0.4 is 5.32 Å². The Hall–Kier alpha value is -2.25. The van der Waals surface area contributed by atoms with Gasteiger partial charge in [-0.1, -0.05) is 35.5 Å². The van der Waals surface area contributed by atoms with Gasteiger partial charge < -0.3 is 10.2 Å². The second kappa shape index (κ2) is 8.63. The number of aromatic nitrogens is 3. The van der Waals surface area contributed by atoms with Crippen LogP contribution >= 0.6 is 0 Å². The molecule has 2 aliphatic heterocycles. The molecule has 2 aliphatic rings. The summed E-state index contributed by atoms with van der Waals surface area (Å²) in [6, 6.07) is 10.5. The summed E-state index contributed by atoms with van der Waals surface area (Å²) >= 11 is 0. The zero-order chi connectivity index (χ0) is 18.5. The van der Waals surface area contributed by atoms with Gasteiger partial charge in [-0.2, -0.15) is 0 Å². The summed E-state index contributed by atoms with van der Waals surface area (Å²) < 4.78 is 1.80. The van der Waals surface area contributed by atoms with Gasteiger partial charge in [0.1, 0.15) is 0 Å². The minimum atomic E-state index is 0.00375. The van der Waals surface area contributed by atoms with E-state index in [0.717, 1.165) is 65.2 Å². The quantitative estimate of drug-likeness (QED) is 0.859. The van der Waals surface area contributed by atoms with Crippen LogP contribution in [-0.4, -0.2) is 76.5 Å². The van der Waals surface area contributed by atoms with E-state index in [4.69, 9.17) is 0 Å². The summed E-state index contributed by atoms with van der Waals surface area (Å²) in [5.41, 5.74) is 1.78. The van der Waals surface area contributed by atoms with Gasteiger partial charge in [-0.3, -0.25) is 14.4 Å². The van der Waals surface area contributed by atoms with Crippen molar-refractivity contribution in [2.75, 3.05) is 45.8 Å². The predicted molar refractivity (Wildman–Crippen MR) is 104 cm³/mol. The number of carbonyl (C=O) groups is 1. The Morgan fingerprint density at radius 3 is 2.74 bits per heavy atom. The first-order chi connectivity index (χ1) is 13.3. The highest BCUT2D eigenvalue weighted by Crippen LogP contribution is 2.27. The first-order valence-electron chi connectivity index (χ1n) is 9.97. The summed E-state index contributed by atoms with van der Waals surface area (Å²) in [4.78, 5) is 17.2. The highest BCUT2D eigenvalue weighted by atomic mass is 16.2. The molecule has 0 radical (unpaired) electrons. The fourth-order valence-corrected chi connectivity index (χ4v) is 4.01. The molecule has 1 N–H and O–H groups in total. The first kappa shape index (κ1) is 18.1. The zero-order valence-corrected chi connectivity index (χ0v) is 15.8. The SMILES string of the molecule is O=C(c1cn(CCN2CCNCC2)nn1)N1CCCC(c2ccccc2)C1. The van der Waals surface area contributed by atoms with Gasteiger partial charge in [-0.25, -0.2) is 0 Å². The van der Waals surface area contributed by atoms with Crippen molar-refractivity contribution in [2.45, 2.75) is 25.3 Å². The molecule has 1 aromatic heterocycles. The van der Waals surface area contributed by atoms with E-state index in [1.165, 1.54) is 5.56 Å². The Labute approximate surface area is 160 Å². The number of piperazine rings is 1. The molecule has 7 heteroatoms. The van der Waals surface area contributed by atoms with E-state index in [2.05, 4.69) is 44.8 Å². The molecule has 3 heterocycles. The highest BCUT2D eigenvalue weighted by Gasteiger charge is 2.27. The molecule has 0 aliphatic carbocycles. The molecule has 0 spiro atoms. The molecule has 1 aromatic carbocycles. The molecular formula is C20H28N6O. The summed E-state index contributed by atoms with van der Waals surface area (Å²) in [6.45, 7) is 7.49. The van der Waals surface area contributed by atoms with E-state index in [9.17, 15) is 4.79 Å². The molecule has 4 rings (SSSR count). The molecule has 2 aromatic rings. The van der Waals surface area contributed by atoms with Crippen molar-refractivity contribution in [3.63, 3.8) is 0 Å². The third-order valence-electron chi connectivity index (χ3n) is 5.59. The monoisotopic (exact) mass is 368 g/mol. The Bertz CT molecular complexity index is 740. The average Bonchev–Trinajstić information content (AvgIpc) is 3.22. The lowest BCUT2D eigenvalue weighted by atomic mass is 9.90. The van der Waals surface area contributed by atoms with E-state index in [0.29, 0.717) is 11.6 Å². The number of nitrogens with zero attached hydrogens (tertiary/aromatic N) is 5. The van der Waals surface area contributed by atoms with E-state index >= 15 is 0 Å². The summed E-state index contributed by atoms with van der Waals surface area (Å²) in [6.07, 6.45) is 3.96. The van der Waals surface area contributed by atoms with Crippen LogP contribution in [0.25, 0.3) is 0 Å². The van der Waals surface area contributed by atoms with Gasteiger partial charge in [0.2, 0.25) is 0 Å². The largest absolute Gasteiger partial charge is 0.337 e. The Balaban J connectivity index is 1.34. The van der Waals surface area contributed by atoms with Gasteiger partial charge in [-0.15, -0.1) is 5.10 Å². The number of hydrogen-bond acceptors (Lipinski definition) is 5. The van der Waals surface area contributed by atoms with Crippen molar-refractivity contribution in [2.24, 2.45) is 0 Å². The molecule has 1 atom stereocenters. The molecule has 2 fully saturated rings. The summed E-state index contributed by atoms with van der Waals surface area (Å²) in [7, 11) is 0. The third-order valence-corrected chi connectivity index (χ3v) is 5.59. The molecule has 144 valence electrons. The van der Waals surface area contributed by atoms with Crippen molar-refractivity contribution in [1.82, 2.24) is 30.1 Å².